The van der Waals surface area contributed by atoms with Crippen LogP contribution in [0.5, 0.6) is 0 Å². The summed E-state index contributed by atoms with van der Waals surface area (Å²) in [6.45, 7) is 5.13. The highest BCUT2D eigenvalue weighted by Gasteiger charge is 2.60. The number of hydrogen-bond donors (Lipinski definition) is 6. The number of nitrogens with one attached hydrogen (secondary N) is 4. The van der Waals surface area contributed by atoms with Crippen LogP contribution in [0.25, 0.3) is 0 Å². The lowest BCUT2D eigenvalue weighted by Gasteiger charge is -2.51. The maximum absolute atomic E-state index is 16.2. The van der Waals surface area contributed by atoms with Crippen molar-refractivity contribution in [1.82, 2.24) is 61.9 Å². The van der Waals surface area contributed by atoms with E-state index in [1.807, 2.05) is 101 Å². The SMILES string of the molecule is Cc1cn(/C(OC(O/[P+]([O-])=C(/OP2(=O)C(CP(=O)(O)O)[C@@H]3CN2C[C@H](n2cc(C)c(=O)[nH]c2=O)O3)n2cc(C)c(=O)n(N(C)C)c2=O)n2cc(C)c(=O)[nH]c2=O)=[P+](/[O-])OC([C@@H]2CN(C(c3ccccc3)(c3ccccc3)c3ccccc3)C[C@H](n3cc(C)c(=O)[nH]c3=O)O2)N(C)C)c(=O)[nH]c1=O. The van der Waals surface area contributed by atoms with Gasteiger partial charge in [0, 0.05) is 92.5 Å². The molecule has 3 aliphatic heterocycles. The van der Waals surface area contributed by atoms with Crippen molar-refractivity contribution in [3.63, 3.8) is 0 Å². The second-order valence-corrected chi connectivity index (χ2v) is 31.2. The van der Waals surface area contributed by atoms with Gasteiger partial charge < -0.3 is 34.1 Å². The Morgan fingerprint density at radius 1 is 0.608 bits per heavy atom. The molecule has 11 atom stereocenters. The largest absolute Gasteiger partial charge is 0.600 e. The predicted molar refractivity (Wildman–Crippen MR) is 368 cm³/mol. The average molecular weight is 1490 g/mol. The van der Waals surface area contributed by atoms with Gasteiger partial charge in [-0.2, -0.15) is 9.20 Å². The van der Waals surface area contributed by atoms with Gasteiger partial charge in [-0.05, 0) is 65.4 Å². The quantitative estimate of drug-likeness (QED) is 0.0261. The van der Waals surface area contributed by atoms with Crippen LogP contribution in [-0.4, -0.2) is 168 Å². The highest BCUT2D eigenvalue weighted by molar-refractivity contribution is 7.61. The van der Waals surface area contributed by atoms with Crippen LogP contribution in [0.3, 0.4) is 0 Å². The standard InChI is InChI=1S/C62H70N14O22P4/c1-35-25-71(54(82)63-48(35)77)46-32-69(62(40-19-13-10-14-20-40,41-21-15-11-16-22-41)42-23-17-12-18-24-42)30-44(94-46)53(67(6)7)96-99(87)60(74-28-38(4)51(80)66-57(74)85)95-59(73-27-37(3)50(79)65-56(73)84)97-100(88)61(75-29-39(5)52(81)76(58(75)86)68(8)9)98-102(92)45(34-101(89,90)91)43-31-70(102)33-47(93-43)72-26-36(2)49(78)64-55(72)83/h10-29,43-47,53,59H,30-34H2,1-9H3,(H,63,77,82)(H,64,78,83)(H,65,79,84)(H,66,80,85)(H2,89,90,91)/t43-,44-,45?,46+,47+,53?,59?,102?/m0/s1. The highest BCUT2D eigenvalue weighted by Crippen LogP contribution is 2.67. The summed E-state index contributed by atoms with van der Waals surface area (Å²) in [7, 11) is -13.2. The zero-order valence-corrected chi connectivity index (χ0v) is 59.5. The number of rotatable bonds is 22. The van der Waals surface area contributed by atoms with Gasteiger partial charge >= 0.3 is 53.7 Å². The summed E-state index contributed by atoms with van der Waals surface area (Å²) in [5.74, 6) is 0. The third-order valence-corrected chi connectivity index (χ3v) is 23.6. The predicted octanol–water partition coefficient (Wildman–Crippen LogP) is -1.28. The number of nitrogens with zero attached hydrogens (tertiary/aromatic N) is 10. The Balaban J connectivity index is 1.10. The lowest BCUT2D eigenvalue weighted by Crippen LogP contribution is -2.61. The van der Waals surface area contributed by atoms with E-state index in [1.54, 1.807) is 0 Å². The van der Waals surface area contributed by atoms with Gasteiger partial charge in [0.2, 0.25) is 0 Å². The molecule has 40 heteroatoms. The van der Waals surface area contributed by atoms with Gasteiger partial charge in [-0.1, -0.05) is 91.0 Å². The van der Waals surface area contributed by atoms with Crippen molar-refractivity contribution in [2.75, 3.05) is 65.5 Å². The van der Waals surface area contributed by atoms with Crippen LogP contribution in [0.4, 0.5) is 0 Å². The summed E-state index contributed by atoms with van der Waals surface area (Å²) in [5, 5.41) is 0.997. The Hall–Kier alpha value is -8.86. The van der Waals surface area contributed by atoms with E-state index < -0.39 is 166 Å². The number of hydrogen-bond acceptors (Lipinski definition) is 23. The van der Waals surface area contributed by atoms with E-state index in [0.29, 0.717) is 18.4 Å². The maximum Gasteiger partial charge on any atom is 0.374 e. The van der Waals surface area contributed by atoms with E-state index >= 15 is 14.4 Å². The molecule has 11 rings (SSSR count). The van der Waals surface area contributed by atoms with Crippen molar-refractivity contribution < 1.29 is 56.5 Å². The van der Waals surface area contributed by atoms with Crippen molar-refractivity contribution in [1.29, 1.82) is 0 Å². The monoisotopic (exact) mass is 1490 g/mol. The van der Waals surface area contributed by atoms with Crippen LogP contribution in [0.15, 0.2) is 170 Å². The fourth-order valence-electron chi connectivity index (χ4n) is 12.4. The molecule has 5 aromatic heterocycles. The van der Waals surface area contributed by atoms with Crippen LogP contribution in [-0.2, 0) is 42.5 Å². The minimum atomic E-state index is -5.31. The van der Waals surface area contributed by atoms with Crippen LogP contribution in [0, 0.1) is 34.6 Å². The Morgan fingerprint density at radius 3 is 1.59 bits per heavy atom. The second-order valence-electron chi connectivity index (χ2n) is 24.8. The first-order valence-electron chi connectivity index (χ1n) is 31.2. The van der Waals surface area contributed by atoms with Crippen LogP contribution < -0.4 is 71.0 Å². The molecule has 3 aliphatic rings. The molecule has 0 radical (unpaired) electrons. The van der Waals surface area contributed by atoms with E-state index in [2.05, 4.69) is 15.0 Å². The van der Waals surface area contributed by atoms with Gasteiger partial charge in [-0.25, -0.2) is 51.6 Å². The smallest absolute Gasteiger partial charge is 0.374 e. The molecule has 7 unspecified atom stereocenters. The molecule has 2 bridgehead atoms. The fourth-order valence-corrected chi connectivity index (χ4v) is 19.4. The molecule has 102 heavy (non-hydrogen) atoms. The third kappa shape index (κ3) is 14.6. The molecular weight excluding hydrogens is 1420 g/mol. The molecule has 3 fully saturated rings. The molecule has 36 nitrogen and oxygen atoms in total. The zero-order valence-electron chi connectivity index (χ0n) is 55.9. The number of aromatic amines is 4. The highest BCUT2D eigenvalue weighted by atomic mass is 31.2. The summed E-state index contributed by atoms with van der Waals surface area (Å²) in [6, 6.07) is 28.1. The average Bonchev–Trinajstić information content (AvgIpc) is 1.17. The van der Waals surface area contributed by atoms with Crippen molar-refractivity contribution in [3.8, 4) is 0 Å². The van der Waals surface area contributed by atoms with Crippen molar-refractivity contribution in [3.05, 3.63) is 271 Å². The Kier molecular flexibility index (Phi) is 21.5. The lowest BCUT2D eigenvalue weighted by atomic mass is 9.75. The number of aryl methyl sites for hydroxylation is 5. The van der Waals surface area contributed by atoms with Crippen molar-refractivity contribution in [2.24, 2.45) is 0 Å². The molecule has 8 heterocycles. The Labute approximate surface area is 577 Å². The van der Waals surface area contributed by atoms with E-state index in [0.717, 1.165) is 55.7 Å². The van der Waals surface area contributed by atoms with Gasteiger partial charge in [-0.15, -0.1) is 4.52 Å². The van der Waals surface area contributed by atoms with Gasteiger partial charge in [-0.3, -0.25) is 72.0 Å². The molecular formula is C62H70N14O22P4. The molecule has 0 amide bonds. The molecule has 540 valence electrons. The van der Waals surface area contributed by atoms with Crippen molar-refractivity contribution in [2.45, 2.75) is 83.1 Å². The van der Waals surface area contributed by atoms with Crippen molar-refractivity contribution >= 4 is 42.3 Å². The molecule has 3 aromatic carbocycles. The molecule has 8 aromatic rings. The normalized spacial score (nSPS) is 21.4. The summed E-state index contributed by atoms with van der Waals surface area (Å²) in [4.78, 5) is 202. The first-order valence-corrected chi connectivity index (χ1v) is 37.0. The van der Waals surface area contributed by atoms with E-state index in [9.17, 15) is 62.3 Å². The van der Waals surface area contributed by atoms with Gasteiger partial charge in [0.15, 0.2) is 18.7 Å². The first kappa shape index (κ1) is 74.3. The fraction of sp³-hybridized carbons (Fsp3) is 0.355. The summed E-state index contributed by atoms with van der Waals surface area (Å²) in [5.41, 5.74) is -14.7. The number of fused-ring (bicyclic) bond motifs is 2. The number of likely N-dealkylation sites (N-methyl/N-ethyl adjacent to an activating group) is 1. The number of aromatic nitrogens is 10. The summed E-state index contributed by atoms with van der Waals surface area (Å²) in [6.07, 6.45) is -6.48. The maximum atomic E-state index is 16.2. The number of H-pyrrole nitrogens is 4. The summed E-state index contributed by atoms with van der Waals surface area (Å²) < 4.78 is 72.7. The minimum Gasteiger partial charge on any atom is -0.600 e. The van der Waals surface area contributed by atoms with Gasteiger partial charge in [0.05, 0.1) is 30.0 Å². The topological polar surface area (TPSA) is 453 Å². The Bertz CT molecular complexity index is 5270. The number of benzene rings is 3. The third-order valence-electron chi connectivity index (χ3n) is 17.3. The van der Waals surface area contributed by atoms with Crippen LogP contribution in [0.2, 0.25) is 0 Å². The Morgan fingerprint density at radius 2 is 1.08 bits per heavy atom. The van der Waals surface area contributed by atoms with Crippen LogP contribution >= 0.6 is 31.1 Å². The van der Waals surface area contributed by atoms with Gasteiger partial charge in [0.25, 0.3) is 51.3 Å². The van der Waals surface area contributed by atoms with Crippen LogP contribution in [0.1, 0.15) is 63.4 Å². The summed E-state index contributed by atoms with van der Waals surface area (Å²) >= 11 is 0. The second kappa shape index (κ2) is 29.5. The van der Waals surface area contributed by atoms with E-state index in [-0.39, 0.29) is 40.9 Å². The molecule has 3 saturated heterocycles. The molecule has 0 saturated carbocycles. The molecule has 0 aliphatic carbocycles. The first-order chi connectivity index (χ1) is 48.2. The number of ether oxygens (including phenoxy) is 3. The lowest BCUT2D eigenvalue weighted by molar-refractivity contribution is -0.215. The van der Waals surface area contributed by atoms with Gasteiger partial charge in [0.1, 0.15) is 6.10 Å². The minimum absolute atomic E-state index is 0.0146. The van der Waals surface area contributed by atoms with E-state index in [4.69, 9.17) is 27.8 Å². The zero-order chi connectivity index (χ0) is 73.8. The molecule has 0 spiro atoms. The van der Waals surface area contributed by atoms with E-state index in [1.165, 1.54) is 78.5 Å². The number of morpholine rings is 2. The molecule has 6 N–H and O–H groups in total.